The molecule has 1 aromatic rings. The molecule has 70 valence electrons. The van der Waals surface area contributed by atoms with E-state index in [4.69, 9.17) is 5.73 Å². The molecular formula is C9H13N3O. The molecule has 0 aromatic carbocycles. The number of aromatic nitrogens is 1. The van der Waals surface area contributed by atoms with Crippen LogP contribution in [0.3, 0.4) is 0 Å². The molecule has 0 bridgehead atoms. The molecule has 0 radical (unpaired) electrons. The van der Waals surface area contributed by atoms with E-state index in [1.165, 1.54) is 11.1 Å². The van der Waals surface area contributed by atoms with Crippen LogP contribution >= 0.6 is 0 Å². The molecule has 0 unspecified atom stereocenters. The van der Waals surface area contributed by atoms with Crippen LogP contribution in [-0.4, -0.2) is 17.9 Å². The number of amides is 1. The summed E-state index contributed by atoms with van der Waals surface area (Å²) in [6.45, 7) is 1.82. The van der Waals surface area contributed by atoms with Gasteiger partial charge in [-0.25, -0.2) is 0 Å². The van der Waals surface area contributed by atoms with Crippen molar-refractivity contribution in [1.29, 1.82) is 0 Å². The predicted molar refractivity (Wildman–Crippen MR) is 52.4 cm³/mol. The van der Waals surface area contributed by atoms with Gasteiger partial charge < -0.3 is 10.6 Å². The lowest BCUT2D eigenvalue weighted by Crippen LogP contribution is -2.25. The van der Waals surface area contributed by atoms with E-state index in [0.29, 0.717) is 17.8 Å². The SMILES string of the molecule is CCC(=O)N(C)c1ccncc1N. The molecule has 1 aromatic heterocycles. The van der Waals surface area contributed by atoms with Crippen molar-refractivity contribution < 1.29 is 4.79 Å². The summed E-state index contributed by atoms with van der Waals surface area (Å²) < 4.78 is 0. The molecule has 1 rings (SSSR count). The van der Waals surface area contributed by atoms with Crippen LogP contribution in [0, 0.1) is 0 Å². The third-order valence-corrected chi connectivity index (χ3v) is 1.87. The number of pyridine rings is 1. The number of nitrogen functional groups attached to an aromatic ring is 1. The molecule has 13 heavy (non-hydrogen) atoms. The second-order valence-electron chi connectivity index (χ2n) is 2.74. The summed E-state index contributed by atoms with van der Waals surface area (Å²) in [6, 6.07) is 1.73. The van der Waals surface area contributed by atoms with E-state index in [1.807, 2.05) is 6.92 Å². The van der Waals surface area contributed by atoms with Crippen LogP contribution in [-0.2, 0) is 4.79 Å². The summed E-state index contributed by atoms with van der Waals surface area (Å²) in [4.78, 5) is 16.7. The van der Waals surface area contributed by atoms with Crippen molar-refractivity contribution in [2.24, 2.45) is 0 Å². The molecule has 1 amide bonds. The number of anilines is 2. The first-order valence-electron chi connectivity index (χ1n) is 4.12. The number of carbonyl (C=O) groups is 1. The number of hydrogen-bond donors (Lipinski definition) is 1. The minimum atomic E-state index is 0.0397. The molecule has 0 spiro atoms. The van der Waals surface area contributed by atoms with Gasteiger partial charge in [0, 0.05) is 19.7 Å². The molecule has 0 saturated heterocycles. The first kappa shape index (κ1) is 9.51. The fourth-order valence-electron chi connectivity index (χ4n) is 1.08. The normalized spacial score (nSPS) is 9.69. The number of rotatable bonds is 2. The van der Waals surface area contributed by atoms with Crippen molar-refractivity contribution in [3.63, 3.8) is 0 Å². The molecule has 2 N–H and O–H groups in total. The number of carbonyl (C=O) groups excluding carboxylic acids is 1. The molecule has 4 nitrogen and oxygen atoms in total. The smallest absolute Gasteiger partial charge is 0.226 e. The van der Waals surface area contributed by atoms with E-state index < -0.39 is 0 Å². The van der Waals surface area contributed by atoms with Gasteiger partial charge in [0.05, 0.1) is 17.6 Å². The van der Waals surface area contributed by atoms with Crippen molar-refractivity contribution in [2.75, 3.05) is 17.7 Å². The van der Waals surface area contributed by atoms with Gasteiger partial charge in [0.1, 0.15) is 0 Å². The second kappa shape index (κ2) is 3.89. The number of nitrogens with two attached hydrogens (primary N) is 1. The minimum absolute atomic E-state index is 0.0397. The summed E-state index contributed by atoms with van der Waals surface area (Å²) in [6.07, 6.45) is 3.62. The predicted octanol–water partition coefficient (Wildman–Crippen LogP) is 1.04. The first-order chi connectivity index (χ1) is 6.16. The quantitative estimate of drug-likeness (QED) is 0.737. The van der Waals surface area contributed by atoms with Gasteiger partial charge in [0.2, 0.25) is 5.91 Å². The molecule has 0 aliphatic heterocycles. The second-order valence-corrected chi connectivity index (χ2v) is 2.74. The van der Waals surface area contributed by atoms with Crippen molar-refractivity contribution in [3.05, 3.63) is 18.5 Å². The van der Waals surface area contributed by atoms with Gasteiger partial charge >= 0.3 is 0 Å². The van der Waals surface area contributed by atoms with E-state index in [9.17, 15) is 4.79 Å². The molecule has 0 aliphatic rings. The summed E-state index contributed by atoms with van der Waals surface area (Å²) in [5.74, 6) is 0.0397. The first-order valence-corrected chi connectivity index (χ1v) is 4.12. The maximum atomic E-state index is 11.3. The van der Waals surface area contributed by atoms with Gasteiger partial charge in [0.25, 0.3) is 0 Å². The Morgan fingerprint density at radius 1 is 1.69 bits per heavy atom. The Morgan fingerprint density at radius 3 is 2.92 bits per heavy atom. The highest BCUT2D eigenvalue weighted by molar-refractivity contribution is 5.95. The van der Waals surface area contributed by atoms with E-state index in [1.54, 1.807) is 19.3 Å². The van der Waals surface area contributed by atoms with Crippen LogP contribution in [0.5, 0.6) is 0 Å². The Morgan fingerprint density at radius 2 is 2.38 bits per heavy atom. The van der Waals surface area contributed by atoms with Gasteiger partial charge in [-0.3, -0.25) is 9.78 Å². The zero-order chi connectivity index (χ0) is 9.84. The van der Waals surface area contributed by atoms with Gasteiger partial charge in [0.15, 0.2) is 0 Å². The van der Waals surface area contributed by atoms with E-state index in [-0.39, 0.29) is 5.91 Å². The fraction of sp³-hybridized carbons (Fsp3) is 0.333. The van der Waals surface area contributed by atoms with Crippen LogP contribution in [0.2, 0.25) is 0 Å². The Balaban J connectivity index is 2.95. The average molecular weight is 179 g/mol. The zero-order valence-electron chi connectivity index (χ0n) is 7.82. The monoisotopic (exact) mass is 179 g/mol. The Labute approximate surface area is 77.4 Å². The fourth-order valence-corrected chi connectivity index (χ4v) is 1.08. The van der Waals surface area contributed by atoms with Crippen LogP contribution in [0.1, 0.15) is 13.3 Å². The summed E-state index contributed by atoms with van der Waals surface area (Å²) >= 11 is 0. The van der Waals surface area contributed by atoms with Crippen molar-refractivity contribution >= 4 is 17.3 Å². The Kier molecular flexibility index (Phi) is 2.84. The Bertz CT molecular complexity index is 311. The van der Waals surface area contributed by atoms with E-state index in [0.717, 1.165) is 0 Å². The third-order valence-electron chi connectivity index (χ3n) is 1.87. The minimum Gasteiger partial charge on any atom is -0.396 e. The largest absolute Gasteiger partial charge is 0.396 e. The molecule has 0 fully saturated rings. The highest BCUT2D eigenvalue weighted by Gasteiger charge is 2.10. The van der Waals surface area contributed by atoms with Crippen molar-refractivity contribution in [3.8, 4) is 0 Å². The number of nitrogens with zero attached hydrogens (tertiary/aromatic N) is 2. The van der Waals surface area contributed by atoms with Crippen molar-refractivity contribution in [1.82, 2.24) is 4.98 Å². The van der Waals surface area contributed by atoms with E-state index in [2.05, 4.69) is 4.98 Å². The molecule has 4 heteroatoms. The Hall–Kier alpha value is -1.58. The topological polar surface area (TPSA) is 59.2 Å². The van der Waals surface area contributed by atoms with Gasteiger partial charge in [-0.2, -0.15) is 0 Å². The maximum absolute atomic E-state index is 11.3. The van der Waals surface area contributed by atoms with Gasteiger partial charge in [-0.05, 0) is 6.07 Å². The van der Waals surface area contributed by atoms with Gasteiger partial charge in [-0.15, -0.1) is 0 Å². The van der Waals surface area contributed by atoms with Crippen LogP contribution in [0.4, 0.5) is 11.4 Å². The van der Waals surface area contributed by atoms with Gasteiger partial charge in [-0.1, -0.05) is 6.92 Å². The average Bonchev–Trinajstić information content (AvgIpc) is 2.16. The highest BCUT2D eigenvalue weighted by atomic mass is 16.2. The molecule has 0 aliphatic carbocycles. The molecule has 1 heterocycles. The standard InChI is InChI=1S/C9H13N3O/c1-3-9(13)12(2)8-4-5-11-6-7(8)10/h4-6H,3,10H2,1-2H3. The van der Waals surface area contributed by atoms with E-state index >= 15 is 0 Å². The summed E-state index contributed by atoms with van der Waals surface area (Å²) in [7, 11) is 1.71. The van der Waals surface area contributed by atoms with Crippen molar-refractivity contribution in [2.45, 2.75) is 13.3 Å². The third kappa shape index (κ3) is 1.96. The lowest BCUT2D eigenvalue weighted by molar-refractivity contribution is -0.118. The lowest BCUT2D eigenvalue weighted by Gasteiger charge is -2.17. The molecule has 0 saturated carbocycles. The maximum Gasteiger partial charge on any atom is 0.226 e. The summed E-state index contributed by atoms with van der Waals surface area (Å²) in [5, 5.41) is 0. The zero-order valence-corrected chi connectivity index (χ0v) is 7.82. The van der Waals surface area contributed by atoms with Crippen LogP contribution < -0.4 is 10.6 Å². The summed E-state index contributed by atoms with van der Waals surface area (Å²) in [5.41, 5.74) is 6.89. The van der Waals surface area contributed by atoms with Crippen LogP contribution in [0.15, 0.2) is 18.5 Å². The van der Waals surface area contributed by atoms with Crippen LogP contribution in [0.25, 0.3) is 0 Å². The lowest BCUT2D eigenvalue weighted by atomic mass is 10.3. The highest BCUT2D eigenvalue weighted by Crippen LogP contribution is 2.20. The number of hydrogen-bond acceptors (Lipinski definition) is 3. The molecule has 0 atom stereocenters. The molecular weight excluding hydrogens is 166 g/mol.